The number of halogens is 1. The van der Waals surface area contributed by atoms with Crippen molar-refractivity contribution in [2.45, 2.75) is 46.6 Å². The average Bonchev–Trinajstić information content (AvgIpc) is 3.13. The van der Waals surface area contributed by atoms with Crippen LogP contribution in [0.3, 0.4) is 0 Å². The minimum Gasteiger partial charge on any atom is -0.352 e. The number of amides is 2. The predicted molar refractivity (Wildman–Crippen MR) is 129 cm³/mol. The number of hydrogen-bond donors (Lipinski definition) is 1. The van der Waals surface area contributed by atoms with Gasteiger partial charge >= 0.3 is 0 Å². The normalized spacial score (nSPS) is 14.3. The van der Waals surface area contributed by atoms with E-state index >= 15 is 0 Å². The van der Waals surface area contributed by atoms with Gasteiger partial charge in [0.2, 0.25) is 11.8 Å². The lowest BCUT2D eigenvalue weighted by Crippen LogP contribution is -2.43. The van der Waals surface area contributed by atoms with Crippen LogP contribution in [0.4, 0.5) is 4.39 Å². The quantitative estimate of drug-likeness (QED) is 0.601. The van der Waals surface area contributed by atoms with Crippen molar-refractivity contribution < 1.29 is 14.0 Å². The summed E-state index contributed by atoms with van der Waals surface area (Å²) in [5.74, 6) is -0.376. The Bertz CT molecular complexity index is 1180. The van der Waals surface area contributed by atoms with E-state index in [4.69, 9.17) is 0 Å². The number of benzene rings is 2. The van der Waals surface area contributed by atoms with Crippen LogP contribution in [0.5, 0.6) is 0 Å². The molecular formula is C27H31FN4O2. The third-order valence-electron chi connectivity index (χ3n) is 6.69. The van der Waals surface area contributed by atoms with E-state index < -0.39 is 0 Å². The summed E-state index contributed by atoms with van der Waals surface area (Å²) in [5, 5.41) is 7.55. The standard InChI is InChI=1S/C27H31FN4O2/c1-18-9-10-21(15-25(18)28)17-29-27(34)22-11-13-31(14-12-22)26(33)16-24-19(2)30-32(20(24)3)23-7-5-4-6-8-23/h4-10,15,22H,11-14,16-17H2,1-3H3,(H,29,34). The summed E-state index contributed by atoms with van der Waals surface area (Å²) >= 11 is 0. The maximum atomic E-state index is 13.7. The molecule has 6 nitrogen and oxygen atoms in total. The zero-order chi connectivity index (χ0) is 24.2. The maximum absolute atomic E-state index is 13.7. The van der Waals surface area contributed by atoms with E-state index in [1.807, 2.05) is 59.8 Å². The Hall–Kier alpha value is -3.48. The van der Waals surface area contributed by atoms with Gasteiger partial charge in [-0.3, -0.25) is 9.59 Å². The summed E-state index contributed by atoms with van der Waals surface area (Å²) in [6.07, 6.45) is 1.56. The first-order chi connectivity index (χ1) is 16.3. The zero-order valence-corrected chi connectivity index (χ0v) is 20.0. The van der Waals surface area contributed by atoms with Crippen molar-refractivity contribution in [3.63, 3.8) is 0 Å². The molecule has 1 fully saturated rings. The molecule has 178 valence electrons. The lowest BCUT2D eigenvalue weighted by molar-refractivity contribution is -0.135. The van der Waals surface area contributed by atoms with Gasteiger partial charge < -0.3 is 10.2 Å². The smallest absolute Gasteiger partial charge is 0.227 e. The average molecular weight is 463 g/mol. The molecule has 1 aliphatic rings. The first-order valence-corrected chi connectivity index (χ1v) is 11.7. The van der Waals surface area contributed by atoms with Crippen molar-refractivity contribution in [3.05, 3.63) is 82.4 Å². The fourth-order valence-electron chi connectivity index (χ4n) is 4.49. The van der Waals surface area contributed by atoms with Crippen molar-refractivity contribution in [2.24, 2.45) is 5.92 Å². The van der Waals surface area contributed by atoms with E-state index in [2.05, 4.69) is 10.4 Å². The van der Waals surface area contributed by atoms with Crippen molar-refractivity contribution in [1.82, 2.24) is 20.0 Å². The van der Waals surface area contributed by atoms with Crippen LogP contribution in [-0.4, -0.2) is 39.6 Å². The topological polar surface area (TPSA) is 67.2 Å². The monoisotopic (exact) mass is 462 g/mol. The molecule has 0 aliphatic carbocycles. The first kappa shape index (κ1) is 23.7. The largest absolute Gasteiger partial charge is 0.352 e. The highest BCUT2D eigenvalue weighted by molar-refractivity contribution is 5.81. The van der Waals surface area contributed by atoms with Crippen LogP contribution in [-0.2, 0) is 22.6 Å². The summed E-state index contributed by atoms with van der Waals surface area (Å²) < 4.78 is 15.6. The summed E-state index contributed by atoms with van der Waals surface area (Å²) in [6, 6.07) is 14.9. The summed E-state index contributed by atoms with van der Waals surface area (Å²) in [5.41, 5.74) is 5.09. The van der Waals surface area contributed by atoms with Crippen LogP contribution in [0, 0.1) is 32.5 Å². The Morgan fingerprint density at radius 2 is 1.76 bits per heavy atom. The molecule has 3 aromatic rings. The number of para-hydroxylation sites is 1. The molecule has 2 amide bonds. The van der Waals surface area contributed by atoms with Crippen molar-refractivity contribution in [2.75, 3.05) is 13.1 Å². The van der Waals surface area contributed by atoms with Crippen LogP contribution >= 0.6 is 0 Å². The number of nitrogens with one attached hydrogen (secondary N) is 1. The predicted octanol–water partition coefficient (Wildman–Crippen LogP) is 4.03. The van der Waals surface area contributed by atoms with Gasteiger partial charge in [-0.15, -0.1) is 0 Å². The Kier molecular flexibility index (Phi) is 7.10. The van der Waals surface area contributed by atoms with E-state index in [1.165, 1.54) is 6.07 Å². The number of aryl methyl sites for hydroxylation is 2. The molecule has 1 aromatic heterocycles. The first-order valence-electron chi connectivity index (χ1n) is 11.7. The lowest BCUT2D eigenvalue weighted by Gasteiger charge is -2.31. The molecule has 0 radical (unpaired) electrons. The van der Waals surface area contributed by atoms with Gasteiger partial charge in [-0.05, 0) is 62.9 Å². The molecule has 4 rings (SSSR count). The number of rotatable bonds is 6. The van der Waals surface area contributed by atoms with Crippen LogP contribution in [0.15, 0.2) is 48.5 Å². The highest BCUT2D eigenvalue weighted by Crippen LogP contribution is 2.22. The van der Waals surface area contributed by atoms with E-state index in [9.17, 15) is 14.0 Å². The zero-order valence-electron chi connectivity index (χ0n) is 20.0. The van der Waals surface area contributed by atoms with Gasteiger partial charge in [0.05, 0.1) is 17.8 Å². The number of aromatic nitrogens is 2. The van der Waals surface area contributed by atoms with Crippen LogP contribution in [0.2, 0.25) is 0 Å². The third kappa shape index (κ3) is 5.19. The molecule has 0 unspecified atom stereocenters. The van der Waals surface area contributed by atoms with Gasteiger partial charge in [0.25, 0.3) is 0 Å². The van der Waals surface area contributed by atoms with E-state index in [1.54, 1.807) is 13.0 Å². The maximum Gasteiger partial charge on any atom is 0.227 e. The Morgan fingerprint density at radius 3 is 2.44 bits per heavy atom. The molecular weight excluding hydrogens is 431 g/mol. The molecule has 0 saturated carbocycles. The second-order valence-corrected chi connectivity index (χ2v) is 9.03. The number of hydrogen-bond acceptors (Lipinski definition) is 3. The number of carbonyl (C=O) groups excluding carboxylic acids is 2. The van der Waals surface area contributed by atoms with Gasteiger partial charge in [-0.2, -0.15) is 5.10 Å². The number of likely N-dealkylation sites (tertiary alicyclic amines) is 1. The van der Waals surface area contributed by atoms with Gasteiger partial charge in [0, 0.05) is 36.8 Å². The molecule has 2 heterocycles. The van der Waals surface area contributed by atoms with E-state index in [0.717, 1.165) is 28.2 Å². The summed E-state index contributed by atoms with van der Waals surface area (Å²) in [6.45, 7) is 7.06. The second-order valence-electron chi connectivity index (χ2n) is 9.03. The molecule has 0 spiro atoms. The lowest BCUT2D eigenvalue weighted by atomic mass is 9.95. The Morgan fingerprint density at radius 1 is 1.06 bits per heavy atom. The third-order valence-corrected chi connectivity index (χ3v) is 6.69. The molecule has 0 bridgehead atoms. The molecule has 7 heteroatoms. The molecule has 2 aromatic carbocycles. The van der Waals surface area contributed by atoms with Crippen LogP contribution < -0.4 is 5.32 Å². The fraction of sp³-hybridized carbons (Fsp3) is 0.370. The van der Waals surface area contributed by atoms with Crippen LogP contribution in [0.25, 0.3) is 5.69 Å². The highest BCUT2D eigenvalue weighted by Gasteiger charge is 2.28. The van der Waals surface area contributed by atoms with Crippen LogP contribution in [0.1, 0.15) is 40.9 Å². The second kappa shape index (κ2) is 10.2. The van der Waals surface area contributed by atoms with Gasteiger partial charge in [-0.1, -0.05) is 30.3 Å². The van der Waals surface area contributed by atoms with Crippen molar-refractivity contribution in [1.29, 1.82) is 0 Å². The number of nitrogens with zero attached hydrogens (tertiary/aromatic N) is 3. The van der Waals surface area contributed by atoms with E-state index in [0.29, 0.717) is 44.5 Å². The SMILES string of the molecule is Cc1ccc(CNC(=O)C2CCN(C(=O)Cc3c(C)nn(-c4ccccc4)c3C)CC2)cc1F. The van der Waals surface area contributed by atoms with Crippen molar-refractivity contribution in [3.8, 4) is 5.69 Å². The number of piperidine rings is 1. The number of carbonyl (C=O) groups is 2. The van der Waals surface area contributed by atoms with E-state index in [-0.39, 0.29) is 23.5 Å². The molecule has 1 N–H and O–H groups in total. The van der Waals surface area contributed by atoms with Gasteiger partial charge in [0.15, 0.2) is 0 Å². The highest BCUT2D eigenvalue weighted by atomic mass is 19.1. The minimum atomic E-state index is -0.265. The minimum absolute atomic E-state index is 0.0380. The van der Waals surface area contributed by atoms with Gasteiger partial charge in [-0.25, -0.2) is 9.07 Å². The van der Waals surface area contributed by atoms with Crippen molar-refractivity contribution >= 4 is 11.8 Å². The van der Waals surface area contributed by atoms with Gasteiger partial charge in [0.1, 0.15) is 5.82 Å². The molecule has 1 aliphatic heterocycles. The molecule has 1 saturated heterocycles. The Labute approximate surface area is 199 Å². The summed E-state index contributed by atoms with van der Waals surface area (Å²) in [7, 11) is 0. The molecule has 34 heavy (non-hydrogen) atoms. The fourth-order valence-corrected chi connectivity index (χ4v) is 4.49. The molecule has 0 atom stereocenters. The summed E-state index contributed by atoms with van der Waals surface area (Å²) in [4.78, 5) is 27.5. The Balaban J connectivity index is 1.30.